The fourth-order valence-corrected chi connectivity index (χ4v) is 3.84. The number of aromatic nitrogens is 2. The summed E-state index contributed by atoms with van der Waals surface area (Å²) in [6, 6.07) is 15.6. The second kappa shape index (κ2) is 8.47. The number of hydrogen-bond donors (Lipinski definition) is 1. The summed E-state index contributed by atoms with van der Waals surface area (Å²) in [5.41, 5.74) is 4.04. The third-order valence-electron chi connectivity index (χ3n) is 5.41. The van der Waals surface area contributed by atoms with Gasteiger partial charge in [0.05, 0.1) is 0 Å². The minimum atomic E-state index is -0.205. The predicted octanol–water partition coefficient (Wildman–Crippen LogP) is 5.37. The third-order valence-corrected chi connectivity index (χ3v) is 5.41. The Hall–Kier alpha value is -3.15. The molecule has 2 aromatic carbocycles. The molecular weight excluding hydrogens is 364 g/mol. The van der Waals surface area contributed by atoms with E-state index in [9.17, 15) is 4.79 Å². The summed E-state index contributed by atoms with van der Waals surface area (Å²) >= 11 is 0. The number of benzene rings is 2. The van der Waals surface area contributed by atoms with Crippen LogP contribution in [0.25, 0.3) is 11.4 Å². The summed E-state index contributed by atoms with van der Waals surface area (Å²) in [7, 11) is 0. The molecule has 4 rings (SSSR count). The van der Waals surface area contributed by atoms with Gasteiger partial charge in [0.1, 0.15) is 6.04 Å². The lowest BCUT2D eigenvalue weighted by Gasteiger charge is -2.33. The maximum absolute atomic E-state index is 13.1. The fraction of sp³-hybridized carbons (Fsp3) is 0.348. The van der Waals surface area contributed by atoms with Gasteiger partial charge < -0.3 is 14.7 Å². The Morgan fingerprint density at radius 1 is 1.21 bits per heavy atom. The van der Waals surface area contributed by atoms with Crippen molar-refractivity contribution < 1.29 is 9.32 Å². The molecule has 1 atom stereocenters. The van der Waals surface area contributed by atoms with E-state index in [0.717, 1.165) is 48.1 Å². The van der Waals surface area contributed by atoms with Gasteiger partial charge in [0, 0.05) is 17.8 Å². The molecule has 1 fully saturated rings. The van der Waals surface area contributed by atoms with E-state index in [0.29, 0.717) is 18.3 Å². The number of carbonyl (C=O) groups is 1. The fourth-order valence-electron chi connectivity index (χ4n) is 3.84. The van der Waals surface area contributed by atoms with Gasteiger partial charge in [-0.15, -0.1) is 0 Å². The van der Waals surface area contributed by atoms with Gasteiger partial charge in [-0.05, 0) is 50.3 Å². The number of piperidine rings is 1. The van der Waals surface area contributed by atoms with Crippen LogP contribution in [0.2, 0.25) is 0 Å². The molecule has 150 valence electrons. The van der Waals surface area contributed by atoms with Crippen LogP contribution < -0.4 is 5.32 Å². The number of anilines is 1. The standard InChI is InChI=1S/C23H26N4O2/c1-3-17-10-4-5-12-19(17)24-23(28)27-14-7-6-13-20(27)22-25-21(26-29-22)18-11-8-9-16(2)15-18/h4-5,8-12,15,20H,3,6-7,13-14H2,1-2H3,(H,24,28). The summed E-state index contributed by atoms with van der Waals surface area (Å²) in [5, 5.41) is 7.24. The average Bonchev–Trinajstić information content (AvgIpc) is 3.24. The Kier molecular flexibility index (Phi) is 5.60. The molecule has 6 heteroatoms. The quantitative estimate of drug-likeness (QED) is 0.650. The molecule has 2 heterocycles. The first-order chi connectivity index (χ1) is 14.2. The smallest absolute Gasteiger partial charge is 0.322 e. The van der Waals surface area contributed by atoms with Crippen molar-refractivity contribution >= 4 is 11.7 Å². The van der Waals surface area contributed by atoms with E-state index in [1.54, 1.807) is 0 Å². The molecule has 1 aliphatic heterocycles. The number of likely N-dealkylation sites (tertiary alicyclic amines) is 1. The summed E-state index contributed by atoms with van der Waals surface area (Å²) in [4.78, 5) is 19.5. The van der Waals surface area contributed by atoms with Gasteiger partial charge in [-0.3, -0.25) is 0 Å². The van der Waals surface area contributed by atoms with E-state index >= 15 is 0 Å². The van der Waals surface area contributed by atoms with Crippen LogP contribution in [-0.2, 0) is 6.42 Å². The average molecular weight is 390 g/mol. The van der Waals surface area contributed by atoms with Crippen molar-refractivity contribution in [3.8, 4) is 11.4 Å². The lowest BCUT2D eigenvalue weighted by molar-refractivity contribution is 0.142. The van der Waals surface area contributed by atoms with E-state index < -0.39 is 0 Å². The first-order valence-electron chi connectivity index (χ1n) is 10.2. The van der Waals surface area contributed by atoms with E-state index in [2.05, 4.69) is 22.4 Å². The SMILES string of the molecule is CCc1ccccc1NC(=O)N1CCCCC1c1nc(-c2cccc(C)c2)no1. The molecular formula is C23H26N4O2. The number of carbonyl (C=O) groups excluding carboxylic acids is 1. The topological polar surface area (TPSA) is 71.3 Å². The number of para-hydroxylation sites is 1. The maximum atomic E-state index is 13.1. The number of nitrogens with one attached hydrogen (secondary N) is 1. The zero-order valence-corrected chi connectivity index (χ0v) is 16.9. The molecule has 1 saturated heterocycles. The van der Waals surface area contributed by atoms with Crippen LogP contribution in [-0.4, -0.2) is 27.6 Å². The van der Waals surface area contributed by atoms with Crippen LogP contribution in [0.3, 0.4) is 0 Å². The highest BCUT2D eigenvalue weighted by molar-refractivity contribution is 5.90. The van der Waals surface area contributed by atoms with Gasteiger partial charge in [0.2, 0.25) is 11.7 Å². The van der Waals surface area contributed by atoms with Crippen molar-refractivity contribution in [3.05, 3.63) is 65.5 Å². The number of aryl methyl sites for hydroxylation is 2. The lowest BCUT2D eigenvalue weighted by Crippen LogP contribution is -2.41. The second-order valence-corrected chi connectivity index (χ2v) is 7.47. The molecule has 1 aliphatic rings. The molecule has 29 heavy (non-hydrogen) atoms. The largest absolute Gasteiger partial charge is 0.337 e. The van der Waals surface area contributed by atoms with Crippen molar-refractivity contribution in [1.29, 1.82) is 0 Å². The Bertz CT molecular complexity index is 998. The third kappa shape index (κ3) is 4.16. The minimum absolute atomic E-state index is 0.120. The highest BCUT2D eigenvalue weighted by atomic mass is 16.5. The summed E-state index contributed by atoms with van der Waals surface area (Å²) in [6.45, 7) is 4.79. The summed E-state index contributed by atoms with van der Waals surface area (Å²) in [6.07, 6.45) is 3.68. The molecule has 3 aromatic rings. The van der Waals surface area contributed by atoms with Crippen LogP contribution in [0.5, 0.6) is 0 Å². The molecule has 0 bridgehead atoms. The Morgan fingerprint density at radius 2 is 2.07 bits per heavy atom. The Balaban J connectivity index is 1.55. The van der Waals surface area contributed by atoms with Crippen molar-refractivity contribution in [1.82, 2.24) is 15.0 Å². The molecule has 0 saturated carbocycles. The maximum Gasteiger partial charge on any atom is 0.322 e. The number of urea groups is 1. The molecule has 1 N–H and O–H groups in total. The normalized spacial score (nSPS) is 16.6. The van der Waals surface area contributed by atoms with Crippen LogP contribution >= 0.6 is 0 Å². The van der Waals surface area contributed by atoms with E-state index in [1.165, 1.54) is 0 Å². The van der Waals surface area contributed by atoms with Crippen molar-refractivity contribution in [2.45, 2.75) is 45.6 Å². The van der Waals surface area contributed by atoms with Crippen LogP contribution in [0, 0.1) is 6.92 Å². The van der Waals surface area contributed by atoms with Gasteiger partial charge in [-0.1, -0.05) is 54.0 Å². The molecule has 2 amide bonds. The molecule has 1 aromatic heterocycles. The lowest BCUT2D eigenvalue weighted by atomic mass is 10.0. The molecule has 0 aliphatic carbocycles. The number of rotatable bonds is 4. The van der Waals surface area contributed by atoms with E-state index in [4.69, 9.17) is 4.52 Å². The summed E-state index contributed by atoms with van der Waals surface area (Å²) < 4.78 is 5.59. The van der Waals surface area contributed by atoms with E-state index in [1.807, 2.05) is 60.4 Å². The van der Waals surface area contributed by atoms with Crippen LogP contribution in [0.4, 0.5) is 10.5 Å². The minimum Gasteiger partial charge on any atom is -0.337 e. The van der Waals surface area contributed by atoms with Gasteiger partial charge >= 0.3 is 6.03 Å². The Labute approximate surface area is 170 Å². The molecule has 0 radical (unpaired) electrons. The number of hydrogen-bond acceptors (Lipinski definition) is 4. The van der Waals surface area contributed by atoms with E-state index in [-0.39, 0.29) is 12.1 Å². The van der Waals surface area contributed by atoms with Crippen LogP contribution in [0.1, 0.15) is 49.2 Å². The highest BCUT2D eigenvalue weighted by Crippen LogP contribution is 2.32. The zero-order chi connectivity index (χ0) is 20.2. The first kappa shape index (κ1) is 19.2. The van der Waals surface area contributed by atoms with Gasteiger partial charge in [0.25, 0.3) is 0 Å². The van der Waals surface area contributed by atoms with Crippen molar-refractivity contribution in [2.24, 2.45) is 0 Å². The zero-order valence-electron chi connectivity index (χ0n) is 16.9. The van der Waals surface area contributed by atoms with Gasteiger partial charge in [0.15, 0.2) is 0 Å². The van der Waals surface area contributed by atoms with Gasteiger partial charge in [-0.25, -0.2) is 4.79 Å². The highest BCUT2D eigenvalue weighted by Gasteiger charge is 2.32. The van der Waals surface area contributed by atoms with Crippen LogP contribution in [0.15, 0.2) is 53.1 Å². The van der Waals surface area contributed by atoms with Gasteiger partial charge in [-0.2, -0.15) is 4.98 Å². The van der Waals surface area contributed by atoms with Crippen molar-refractivity contribution in [2.75, 3.05) is 11.9 Å². The number of nitrogens with zero attached hydrogens (tertiary/aromatic N) is 3. The number of amides is 2. The molecule has 6 nitrogen and oxygen atoms in total. The Morgan fingerprint density at radius 3 is 2.90 bits per heavy atom. The molecule has 0 spiro atoms. The monoisotopic (exact) mass is 390 g/mol. The molecule has 1 unspecified atom stereocenters. The predicted molar refractivity (Wildman–Crippen MR) is 113 cm³/mol. The first-order valence-corrected chi connectivity index (χ1v) is 10.2. The summed E-state index contributed by atoms with van der Waals surface area (Å²) in [5.74, 6) is 1.06. The second-order valence-electron chi connectivity index (χ2n) is 7.47. The van der Waals surface area contributed by atoms with Crippen molar-refractivity contribution in [3.63, 3.8) is 0 Å².